The number of carbonyl (C=O) groups excluding carboxylic acids is 2. The summed E-state index contributed by atoms with van der Waals surface area (Å²) in [5.74, 6) is -0.578. The summed E-state index contributed by atoms with van der Waals surface area (Å²) >= 11 is 5.90. The number of hydrogen-bond acceptors (Lipinski definition) is 4. The zero-order valence-corrected chi connectivity index (χ0v) is 13.9. The van der Waals surface area contributed by atoms with Gasteiger partial charge in [-0.2, -0.15) is 0 Å². The third-order valence-corrected chi connectivity index (χ3v) is 3.61. The second kappa shape index (κ2) is 7.29. The van der Waals surface area contributed by atoms with E-state index in [1.165, 1.54) is 20.1 Å². The van der Waals surface area contributed by atoms with Crippen LogP contribution in [0.2, 0.25) is 5.02 Å². The number of aryl methyl sites for hydroxylation is 1. The number of ether oxygens (including phenoxy) is 2. The molecule has 0 amide bonds. The maximum Gasteiger partial charge on any atom is 0.342 e. The summed E-state index contributed by atoms with van der Waals surface area (Å²) in [4.78, 5) is 24.6. The van der Waals surface area contributed by atoms with E-state index < -0.39 is 12.1 Å². The van der Waals surface area contributed by atoms with E-state index in [-0.39, 0.29) is 11.3 Å². The van der Waals surface area contributed by atoms with Gasteiger partial charge in [0.15, 0.2) is 6.10 Å². The quantitative estimate of drug-likeness (QED) is 0.611. The van der Waals surface area contributed by atoms with Gasteiger partial charge in [-0.15, -0.1) is 0 Å². The first-order chi connectivity index (χ1) is 10.9. The summed E-state index contributed by atoms with van der Waals surface area (Å²) in [7, 11) is 1.45. The van der Waals surface area contributed by atoms with Crippen molar-refractivity contribution >= 4 is 23.4 Å². The number of hydrogen-bond donors (Lipinski definition) is 0. The summed E-state index contributed by atoms with van der Waals surface area (Å²) in [5.41, 5.74) is 1.73. The number of ketones is 1. The highest BCUT2D eigenvalue weighted by molar-refractivity contribution is 6.31. The molecule has 2 aromatic rings. The lowest BCUT2D eigenvalue weighted by atomic mass is 10.1. The molecule has 0 unspecified atom stereocenters. The molecule has 5 heteroatoms. The minimum Gasteiger partial charge on any atom is -0.496 e. The van der Waals surface area contributed by atoms with Gasteiger partial charge in [-0.3, -0.25) is 4.79 Å². The molecule has 4 nitrogen and oxygen atoms in total. The lowest BCUT2D eigenvalue weighted by molar-refractivity contribution is 0.0316. The Morgan fingerprint density at radius 3 is 2.35 bits per heavy atom. The molecule has 0 fully saturated rings. The fraction of sp³-hybridized carbons (Fsp3) is 0.222. The molecule has 0 aliphatic rings. The normalized spacial score (nSPS) is 11.7. The fourth-order valence-corrected chi connectivity index (χ4v) is 2.24. The summed E-state index contributed by atoms with van der Waals surface area (Å²) in [6, 6.07) is 11.7. The summed E-state index contributed by atoms with van der Waals surface area (Å²) in [5, 5.41) is 0.385. The van der Waals surface area contributed by atoms with Gasteiger partial charge in [0.05, 0.1) is 7.11 Å². The van der Waals surface area contributed by atoms with Gasteiger partial charge in [0, 0.05) is 10.6 Å². The van der Waals surface area contributed by atoms with E-state index in [1.807, 2.05) is 19.1 Å². The van der Waals surface area contributed by atoms with Crippen molar-refractivity contribution in [1.29, 1.82) is 0 Å². The monoisotopic (exact) mass is 332 g/mol. The molecule has 2 aromatic carbocycles. The van der Waals surface area contributed by atoms with Crippen LogP contribution in [0.15, 0.2) is 42.5 Å². The molecule has 0 aliphatic heterocycles. The van der Waals surface area contributed by atoms with Crippen LogP contribution in [0.4, 0.5) is 0 Å². The van der Waals surface area contributed by atoms with Crippen LogP contribution in [-0.2, 0) is 4.74 Å². The Morgan fingerprint density at radius 1 is 1.09 bits per heavy atom. The first kappa shape index (κ1) is 17.0. The molecule has 0 bridgehead atoms. The van der Waals surface area contributed by atoms with Gasteiger partial charge in [0.1, 0.15) is 11.3 Å². The van der Waals surface area contributed by atoms with Gasteiger partial charge < -0.3 is 9.47 Å². The van der Waals surface area contributed by atoms with E-state index in [4.69, 9.17) is 21.1 Å². The molecular weight excluding hydrogens is 316 g/mol. The number of carbonyl (C=O) groups is 2. The number of benzene rings is 2. The number of esters is 1. The van der Waals surface area contributed by atoms with Gasteiger partial charge in [-0.1, -0.05) is 41.4 Å². The van der Waals surface area contributed by atoms with Crippen LogP contribution in [0.1, 0.15) is 33.2 Å². The highest BCUT2D eigenvalue weighted by atomic mass is 35.5. The van der Waals surface area contributed by atoms with Crippen molar-refractivity contribution in [3.8, 4) is 5.75 Å². The highest BCUT2D eigenvalue weighted by Crippen LogP contribution is 2.24. The predicted octanol–water partition coefficient (Wildman–Crippen LogP) is 4.09. The van der Waals surface area contributed by atoms with Crippen LogP contribution in [0.3, 0.4) is 0 Å². The topological polar surface area (TPSA) is 52.6 Å². The Balaban J connectivity index is 2.15. The molecule has 23 heavy (non-hydrogen) atoms. The van der Waals surface area contributed by atoms with Crippen LogP contribution < -0.4 is 4.74 Å². The average molecular weight is 333 g/mol. The number of Topliss-reactive ketones (excluding diaryl/α,β-unsaturated/α-hetero) is 1. The molecule has 0 saturated carbocycles. The first-order valence-corrected chi connectivity index (χ1v) is 7.45. The van der Waals surface area contributed by atoms with Crippen LogP contribution in [-0.4, -0.2) is 25.0 Å². The molecule has 0 spiro atoms. The average Bonchev–Trinajstić information content (AvgIpc) is 2.54. The predicted molar refractivity (Wildman–Crippen MR) is 88.4 cm³/mol. The van der Waals surface area contributed by atoms with Gasteiger partial charge >= 0.3 is 5.97 Å². The van der Waals surface area contributed by atoms with Crippen LogP contribution in [0.5, 0.6) is 5.75 Å². The molecule has 0 radical (unpaired) electrons. The third-order valence-electron chi connectivity index (χ3n) is 3.37. The van der Waals surface area contributed by atoms with Crippen molar-refractivity contribution in [2.45, 2.75) is 20.0 Å². The van der Waals surface area contributed by atoms with Crippen molar-refractivity contribution in [1.82, 2.24) is 0 Å². The van der Waals surface area contributed by atoms with E-state index in [9.17, 15) is 9.59 Å². The fourth-order valence-electron chi connectivity index (χ4n) is 2.07. The van der Waals surface area contributed by atoms with Gasteiger partial charge in [-0.25, -0.2) is 4.79 Å². The van der Waals surface area contributed by atoms with E-state index >= 15 is 0 Å². The van der Waals surface area contributed by atoms with E-state index in [0.717, 1.165) is 5.56 Å². The Morgan fingerprint density at radius 2 is 1.74 bits per heavy atom. The van der Waals surface area contributed by atoms with Crippen molar-refractivity contribution in [3.63, 3.8) is 0 Å². The molecule has 0 aliphatic carbocycles. The zero-order valence-electron chi connectivity index (χ0n) is 13.1. The molecule has 0 N–H and O–H groups in total. The SMILES string of the molecule is COc1ccc(Cl)cc1C(=O)O[C@@H](C)C(=O)c1ccc(C)cc1. The summed E-state index contributed by atoms with van der Waals surface area (Å²) < 4.78 is 10.4. The molecule has 0 heterocycles. The third kappa shape index (κ3) is 4.11. The minimum atomic E-state index is -0.908. The number of rotatable bonds is 5. The van der Waals surface area contributed by atoms with Gasteiger partial charge in [-0.05, 0) is 32.0 Å². The van der Waals surface area contributed by atoms with Crippen molar-refractivity contribution in [3.05, 3.63) is 64.2 Å². The van der Waals surface area contributed by atoms with Crippen molar-refractivity contribution < 1.29 is 19.1 Å². The first-order valence-electron chi connectivity index (χ1n) is 7.07. The lowest BCUT2D eigenvalue weighted by Gasteiger charge is -2.14. The van der Waals surface area contributed by atoms with Crippen LogP contribution >= 0.6 is 11.6 Å². The smallest absolute Gasteiger partial charge is 0.342 e. The summed E-state index contributed by atoms with van der Waals surface area (Å²) in [6.07, 6.45) is -0.908. The van der Waals surface area contributed by atoms with Crippen LogP contribution in [0.25, 0.3) is 0 Å². The zero-order chi connectivity index (χ0) is 17.0. The second-order valence-corrected chi connectivity index (χ2v) is 5.56. The van der Waals surface area contributed by atoms with E-state index in [0.29, 0.717) is 16.3 Å². The second-order valence-electron chi connectivity index (χ2n) is 5.12. The standard InChI is InChI=1S/C18H17ClO4/c1-11-4-6-13(7-5-11)17(20)12(2)23-18(21)15-10-14(19)8-9-16(15)22-3/h4-10,12H,1-3H3/t12-/m0/s1. The number of halogens is 1. The maximum absolute atomic E-state index is 12.3. The van der Waals surface area contributed by atoms with Crippen molar-refractivity contribution in [2.75, 3.05) is 7.11 Å². The maximum atomic E-state index is 12.3. The molecule has 2 rings (SSSR count). The molecule has 120 valence electrons. The molecule has 1 atom stereocenters. The minimum absolute atomic E-state index is 0.184. The highest BCUT2D eigenvalue weighted by Gasteiger charge is 2.22. The largest absolute Gasteiger partial charge is 0.496 e. The Labute approximate surface area is 140 Å². The molecular formula is C18H17ClO4. The molecule has 0 saturated heterocycles. The van der Waals surface area contributed by atoms with Crippen molar-refractivity contribution in [2.24, 2.45) is 0 Å². The van der Waals surface area contributed by atoms with Crippen LogP contribution in [0, 0.1) is 6.92 Å². The van der Waals surface area contributed by atoms with E-state index in [1.54, 1.807) is 24.3 Å². The van der Waals surface area contributed by atoms with Gasteiger partial charge in [0.2, 0.25) is 5.78 Å². The Kier molecular flexibility index (Phi) is 5.40. The lowest BCUT2D eigenvalue weighted by Crippen LogP contribution is -2.24. The Bertz CT molecular complexity index is 722. The number of methoxy groups -OCH3 is 1. The Hall–Kier alpha value is -2.33. The summed E-state index contributed by atoms with van der Waals surface area (Å²) in [6.45, 7) is 3.47. The van der Waals surface area contributed by atoms with Gasteiger partial charge in [0.25, 0.3) is 0 Å². The van der Waals surface area contributed by atoms with E-state index in [2.05, 4.69) is 0 Å². The molecule has 0 aromatic heterocycles.